The predicted molar refractivity (Wildman–Crippen MR) is 113 cm³/mol. The Bertz CT molecular complexity index is 938. The van der Waals surface area contributed by atoms with Gasteiger partial charge in [-0.15, -0.1) is 0 Å². The molecule has 1 amide bonds. The molecule has 144 valence electrons. The molecule has 1 aliphatic heterocycles. The fourth-order valence-electron chi connectivity index (χ4n) is 2.70. The fraction of sp³-hybridized carbons (Fsp3) is 0.286. The summed E-state index contributed by atoms with van der Waals surface area (Å²) in [6, 6.07) is 14.4. The highest BCUT2D eigenvalue weighted by Gasteiger charge is 2.28. The molecule has 1 heterocycles. The maximum absolute atomic E-state index is 13.0. The molecule has 1 aliphatic rings. The Labute approximate surface area is 174 Å². The number of nitriles is 1. The van der Waals surface area contributed by atoms with Crippen molar-refractivity contribution in [1.29, 1.82) is 5.26 Å². The van der Waals surface area contributed by atoms with Gasteiger partial charge >= 0.3 is 0 Å². The van der Waals surface area contributed by atoms with E-state index in [1.54, 1.807) is 53.9 Å². The second-order valence-corrected chi connectivity index (χ2v) is 7.89. The van der Waals surface area contributed by atoms with E-state index in [1.165, 1.54) is 0 Å². The minimum Gasteiger partial charge on any atom is -0.481 e. The van der Waals surface area contributed by atoms with E-state index in [4.69, 9.17) is 21.6 Å². The van der Waals surface area contributed by atoms with Crippen LogP contribution in [0.4, 0.5) is 5.69 Å². The van der Waals surface area contributed by atoms with Crippen LogP contribution in [0.25, 0.3) is 0 Å². The number of carbonyl (C=O) groups is 1. The molecule has 3 rings (SSSR count). The number of nitrogens with zero attached hydrogens (tertiary/aromatic N) is 3. The van der Waals surface area contributed by atoms with Gasteiger partial charge in [-0.25, -0.2) is 4.99 Å². The highest BCUT2D eigenvalue weighted by atomic mass is 35.5. The third kappa shape index (κ3) is 4.86. The fourth-order valence-corrected chi connectivity index (χ4v) is 3.84. The van der Waals surface area contributed by atoms with Gasteiger partial charge in [0.2, 0.25) is 0 Å². The van der Waals surface area contributed by atoms with Gasteiger partial charge in [0.05, 0.1) is 17.3 Å². The molecule has 0 aliphatic carbocycles. The molecule has 2 aromatic carbocycles. The van der Waals surface area contributed by atoms with Crippen molar-refractivity contribution in [3.63, 3.8) is 0 Å². The molecule has 0 spiro atoms. The zero-order chi connectivity index (χ0) is 20.1. The number of hydrogen-bond acceptors (Lipinski definition) is 5. The molecule has 1 unspecified atom stereocenters. The summed E-state index contributed by atoms with van der Waals surface area (Å²) in [4.78, 5) is 19.3. The summed E-state index contributed by atoms with van der Waals surface area (Å²) >= 11 is 7.75. The molecule has 1 atom stereocenters. The summed E-state index contributed by atoms with van der Waals surface area (Å²) in [6.07, 6.45) is 0.228. The van der Waals surface area contributed by atoms with Crippen molar-refractivity contribution < 1.29 is 9.53 Å². The average Bonchev–Trinajstić information content (AvgIpc) is 2.71. The van der Waals surface area contributed by atoms with Gasteiger partial charge < -0.3 is 4.74 Å². The third-order valence-electron chi connectivity index (χ3n) is 4.28. The Morgan fingerprint density at radius 3 is 2.75 bits per heavy atom. The molecular weight excluding hydrogens is 394 g/mol. The maximum Gasteiger partial charge on any atom is 0.269 e. The van der Waals surface area contributed by atoms with E-state index in [0.29, 0.717) is 28.0 Å². The van der Waals surface area contributed by atoms with Crippen molar-refractivity contribution in [2.75, 3.05) is 12.3 Å². The second kappa shape index (κ2) is 9.13. The Kier molecular flexibility index (Phi) is 6.61. The number of thioether (sulfide) groups is 1. The molecular formula is C21H20ClN3O2S. The van der Waals surface area contributed by atoms with Crippen LogP contribution in [-0.4, -0.2) is 34.4 Å². The molecule has 0 saturated carbocycles. The summed E-state index contributed by atoms with van der Waals surface area (Å²) in [7, 11) is 0. The van der Waals surface area contributed by atoms with Gasteiger partial charge in [0.25, 0.3) is 5.91 Å². The number of ether oxygens (including phenoxy) is 1. The van der Waals surface area contributed by atoms with Gasteiger partial charge in [-0.2, -0.15) is 5.26 Å². The first-order chi connectivity index (χ1) is 13.5. The standard InChI is InChI=1S/C21H20ClN3O2S/c1-14-4-7-17(12-19(14)22)24-21-25(10-3-11-28-21)20(26)15(2)27-18-8-5-16(13-23)6-9-18/h4-9,12,15H,3,10-11H2,1-2H3. The van der Waals surface area contributed by atoms with E-state index in [1.807, 2.05) is 19.1 Å². The smallest absolute Gasteiger partial charge is 0.269 e. The van der Waals surface area contributed by atoms with Gasteiger partial charge in [-0.3, -0.25) is 9.69 Å². The van der Waals surface area contributed by atoms with E-state index < -0.39 is 6.10 Å². The third-order valence-corrected chi connectivity index (χ3v) is 5.75. The van der Waals surface area contributed by atoms with E-state index in [2.05, 4.69) is 11.1 Å². The molecule has 2 aromatic rings. The Balaban J connectivity index is 1.76. The minimum absolute atomic E-state index is 0.145. The average molecular weight is 414 g/mol. The Morgan fingerprint density at radius 2 is 2.07 bits per heavy atom. The number of benzene rings is 2. The van der Waals surface area contributed by atoms with Crippen LogP contribution in [-0.2, 0) is 4.79 Å². The highest BCUT2D eigenvalue weighted by Crippen LogP contribution is 2.27. The van der Waals surface area contributed by atoms with Crippen molar-refractivity contribution in [1.82, 2.24) is 4.90 Å². The van der Waals surface area contributed by atoms with Crippen molar-refractivity contribution in [2.24, 2.45) is 4.99 Å². The minimum atomic E-state index is -0.668. The monoisotopic (exact) mass is 413 g/mol. The lowest BCUT2D eigenvalue weighted by molar-refractivity contribution is -0.133. The van der Waals surface area contributed by atoms with Crippen molar-refractivity contribution in [3.05, 3.63) is 58.6 Å². The normalized spacial score (nSPS) is 16.5. The van der Waals surface area contributed by atoms with E-state index in [0.717, 1.165) is 23.4 Å². The lowest BCUT2D eigenvalue weighted by Crippen LogP contribution is -2.45. The number of carbonyl (C=O) groups excluding carboxylic acids is 1. The van der Waals surface area contributed by atoms with Crippen molar-refractivity contribution >= 4 is 40.1 Å². The predicted octanol–water partition coefficient (Wildman–Crippen LogP) is 4.94. The first-order valence-electron chi connectivity index (χ1n) is 8.94. The number of halogens is 1. The molecule has 28 heavy (non-hydrogen) atoms. The summed E-state index contributed by atoms with van der Waals surface area (Å²) < 4.78 is 5.78. The molecule has 0 bridgehead atoms. The Morgan fingerprint density at radius 1 is 1.32 bits per heavy atom. The zero-order valence-corrected chi connectivity index (χ0v) is 17.3. The molecule has 7 heteroatoms. The van der Waals surface area contributed by atoms with Crippen LogP contribution >= 0.6 is 23.4 Å². The van der Waals surface area contributed by atoms with E-state index >= 15 is 0 Å². The summed E-state index contributed by atoms with van der Waals surface area (Å²) in [5.74, 6) is 1.31. The topological polar surface area (TPSA) is 65.7 Å². The van der Waals surface area contributed by atoms with Crippen LogP contribution in [0.1, 0.15) is 24.5 Å². The van der Waals surface area contributed by atoms with Crippen molar-refractivity contribution in [2.45, 2.75) is 26.4 Å². The highest BCUT2D eigenvalue weighted by molar-refractivity contribution is 8.13. The van der Waals surface area contributed by atoms with Crippen LogP contribution in [0, 0.1) is 18.3 Å². The quantitative estimate of drug-likeness (QED) is 0.711. The SMILES string of the molecule is Cc1ccc(N=C2SCCCN2C(=O)C(C)Oc2ccc(C#N)cc2)cc1Cl. The van der Waals surface area contributed by atoms with Gasteiger partial charge in [-0.05, 0) is 62.2 Å². The van der Waals surface area contributed by atoms with Gasteiger partial charge in [0.15, 0.2) is 11.3 Å². The summed E-state index contributed by atoms with van der Waals surface area (Å²) in [5.41, 5.74) is 2.25. The lowest BCUT2D eigenvalue weighted by atomic mass is 10.2. The molecule has 0 radical (unpaired) electrons. The number of amides is 1. The number of amidine groups is 1. The lowest BCUT2D eigenvalue weighted by Gasteiger charge is -2.30. The largest absolute Gasteiger partial charge is 0.481 e. The zero-order valence-electron chi connectivity index (χ0n) is 15.7. The second-order valence-electron chi connectivity index (χ2n) is 6.42. The molecule has 0 N–H and O–H groups in total. The van der Waals surface area contributed by atoms with E-state index in [-0.39, 0.29) is 5.91 Å². The van der Waals surface area contributed by atoms with Crippen LogP contribution in [0.3, 0.4) is 0 Å². The maximum atomic E-state index is 13.0. The Hall–Kier alpha value is -2.49. The number of hydrogen-bond donors (Lipinski definition) is 0. The summed E-state index contributed by atoms with van der Waals surface area (Å²) in [5, 5.41) is 10.2. The van der Waals surface area contributed by atoms with Crippen LogP contribution in [0.5, 0.6) is 5.75 Å². The van der Waals surface area contributed by atoms with E-state index in [9.17, 15) is 4.79 Å². The number of aliphatic imine (C=N–C) groups is 1. The van der Waals surface area contributed by atoms with Gasteiger partial charge in [-0.1, -0.05) is 29.4 Å². The van der Waals surface area contributed by atoms with Crippen LogP contribution < -0.4 is 4.74 Å². The molecule has 5 nitrogen and oxygen atoms in total. The number of aryl methyl sites for hydroxylation is 1. The van der Waals surface area contributed by atoms with Crippen LogP contribution in [0.15, 0.2) is 47.5 Å². The molecule has 1 fully saturated rings. The molecule has 1 saturated heterocycles. The number of rotatable bonds is 4. The van der Waals surface area contributed by atoms with Gasteiger partial charge in [0.1, 0.15) is 5.75 Å². The van der Waals surface area contributed by atoms with Crippen molar-refractivity contribution in [3.8, 4) is 11.8 Å². The first-order valence-corrected chi connectivity index (χ1v) is 10.3. The van der Waals surface area contributed by atoms with Crippen LogP contribution in [0.2, 0.25) is 5.02 Å². The summed E-state index contributed by atoms with van der Waals surface area (Å²) in [6.45, 7) is 4.26. The first kappa shape index (κ1) is 20.2. The van der Waals surface area contributed by atoms with Gasteiger partial charge in [0, 0.05) is 17.3 Å². The molecule has 0 aromatic heterocycles.